The summed E-state index contributed by atoms with van der Waals surface area (Å²) in [6, 6.07) is 19.6. The topological polar surface area (TPSA) is 123 Å². The monoisotopic (exact) mass is 584 g/mol. The summed E-state index contributed by atoms with van der Waals surface area (Å²) in [5.74, 6) is -2.39. The summed E-state index contributed by atoms with van der Waals surface area (Å²) < 4.78 is 34.9. The summed E-state index contributed by atoms with van der Waals surface area (Å²) in [6.45, 7) is 0. The molecule has 0 spiro atoms. The van der Waals surface area contributed by atoms with Crippen LogP contribution in [0.3, 0.4) is 0 Å². The van der Waals surface area contributed by atoms with E-state index in [1.54, 1.807) is 36.5 Å². The molecule has 0 unspecified atom stereocenters. The lowest BCUT2D eigenvalue weighted by Gasteiger charge is -2.16. The summed E-state index contributed by atoms with van der Waals surface area (Å²) in [5, 5.41) is 5.26. The summed E-state index contributed by atoms with van der Waals surface area (Å²) >= 11 is 1.40. The Labute approximate surface area is 242 Å². The van der Waals surface area contributed by atoms with E-state index in [-0.39, 0.29) is 11.4 Å². The van der Waals surface area contributed by atoms with Gasteiger partial charge in [0.15, 0.2) is 11.6 Å². The van der Waals surface area contributed by atoms with Crippen molar-refractivity contribution in [2.24, 2.45) is 11.1 Å². The molecule has 6 rings (SSSR count). The van der Waals surface area contributed by atoms with Crippen LogP contribution < -0.4 is 21.1 Å². The fourth-order valence-corrected chi connectivity index (χ4v) is 5.50. The number of benzene rings is 3. The van der Waals surface area contributed by atoms with Crippen molar-refractivity contribution in [3.8, 4) is 21.9 Å². The van der Waals surface area contributed by atoms with Crippen molar-refractivity contribution in [3.63, 3.8) is 0 Å². The van der Waals surface area contributed by atoms with Crippen molar-refractivity contribution < 1.29 is 27.9 Å². The molecule has 5 aromatic rings. The second kappa shape index (κ2) is 10.7. The molecule has 2 aromatic heterocycles. The first-order valence-corrected chi connectivity index (χ1v) is 13.7. The predicted octanol–water partition coefficient (Wildman–Crippen LogP) is 6.49. The highest BCUT2D eigenvalue weighted by molar-refractivity contribution is 7.22. The number of hydrogen-bond acceptors (Lipinski definition) is 6. The Morgan fingerprint density at radius 2 is 1.50 bits per heavy atom. The summed E-state index contributed by atoms with van der Waals surface area (Å²) in [7, 11) is 0. The van der Waals surface area contributed by atoms with Gasteiger partial charge in [-0.1, -0.05) is 12.1 Å². The number of primary amides is 1. The number of anilines is 2. The van der Waals surface area contributed by atoms with E-state index in [1.165, 1.54) is 47.7 Å². The number of ether oxygens (including phenoxy) is 1. The third-order valence-electron chi connectivity index (χ3n) is 6.96. The van der Waals surface area contributed by atoms with Gasteiger partial charge in [-0.2, -0.15) is 0 Å². The van der Waals surface area contributed by atoms with Gasteiger partial charge in [0, 0.05) is 40.1 Å². The van der Waals surface area contributed by atoms with Crippen molar-refractivity contribution in [1.29, 1.82) is 0 Å². The Morgan fingerprint density at radius 3 is 2.14 bits per heavy atom. The van der Waals surface area contributed by atoms with Crippen molar-refractivity contribution in [1.82, 2.24) is 4.98 Å². The number of nitrogens with two attached hydrogens (primary N) is 1. The van der Waals surface area contributed by atoms with Gasteiger partial charge in [0.2, 0.25) is 17.7 Å². The van der Waals surface area contributed by atoms with Gasteiger partial charge in [0.05, 0.1) is 10.2 Å². The van der Waals surface area contributed by atoms with Crippen molar-refractivity contribution in [2.45, 2.75) is 12.8 Å². The smallest absolute Gasteiger partial charge is 0.248 e. The predicted molar refractivity (Wildman–Crippen MR) is 155 cm³/mol. The number of thiophene rings is 1. The number of carbonyl (C=O) groups is 3. The number of fused-ring (bicyclic) bond motifs is 1. The zero-order valence-electron chi connectivity index (χ0n) is 21.8. The highest BCUT2D eigenvalue weighted by Crippen LogP contribution is 2.48. The summed E-state index contributed by atoms with van der Waals surface area (Å²) in [5.41, 5.74) is 6.51. The first kappa shape index (κ1) is 27.0. The van der Waals surface area contributed by atoms with Crippen LogP contribution in [0.4, 0.5) is 20.2 Å². The van der Waals surface area contributed by atoms with E-state index in [2.05, 4.69) is 15.6 Å². The number of nitrogens with zero attached hydrogens (tertiary/aromatic N) is 1. The molecular weight excluding hydrogens is 562 g/mol. The standard InChI is InChI=1S/C31H22F2N4O4S/c32-19-5-7-20(8-6-19)36-29(39)31(12-13-31)30(40)37-21-9-10-24(22(33)15-21)41-25-11-14-35-23-16-26(42-27(23)25)17-1-3-18(4-2-17)28(34)38/h1-11,14-16H,12-13H2,(H2,34,38)(H,36,39)(H,37,40). The molecule has 11 heteroatoms. The van der Waals surface area contributed by atoms with Crippen LogP contribution in [-0.2, 0) is 9.59 Å². The fraction of sp³-hybridized carbons (Fsp3) is 0.0968. The first-order valence-electron chi connectivity index (χ1n) is 12.9. The van der Waals surface area contributed by atoms with Gasteiger partial charge in [0.1, 0.15) is 17.0 Å². The van der Waals surface area contributed by atoms with Crippen LogP contribution in [0.15, 0.2) is 85.1 Å². The lowest BCUT2D eigenvalue weighted by Crippen LogP contribution is -2.35. The molecule has 0 saturated heterocycles. The van der Waals surface area contributed by atoms with E-state index in [9.17, 15) is 18.8 Å². The van der Waals surface area contributed by atoms with Gasteiger partial charge in [-0.3, -0.25) is 19.4 Å². The highest BCUT2D eigenvalue weighted by Gasteiger charge is 2.56. The van der Waals surface area contributed by atoms with Gasteiger partial charge < -0.3 is 21.1 Å². The Bertz CT molecular complexity index is 1850. The Kier molecular flexibility index (Phi) is 6.87. The second-order valence-corrected chi connectivity index (χ2v) is 10.9. The average Bonchev–Trinajstić information content (AvgIpc) is 3.68. The van der Waals surface area contributed by atoms with Crippen LogP contribution in [0.5, 0.6) is 11.5 Å². The largest absolute Gasteiger partial charge is 0.453 e. The lowest BCUT2D eigenvalue weighted by atomic mass is 10.0. The van der Waals surface area contributed by atoms with E-state index < -0.39 is 34.8 Å². The average molecular weight is 585 g/mol. The Hall–Kier alpha value is -5.16. The van der Waals surface area contributed by atoms with E-state index in [0.29, 0.717) is 40.1 Å². The Morgan fingerprint density at radius 1 is 0.833 bits per heavy atom. The molecule has 0 atom stereocenters. The number of aromatic nitrogens is 1. The van der Waals surface area contributed by atoms with E-state index >= 15 is 4.39 Å². The normalized spacial score (nSPS) is 13.4. The number of amides is 3. The highest BCUT2D eigenvalue weighted by atomic mass is 32.1. The van der Waals surface area contributed by atoms with Crippen molar-refractivity contribution in [3.05, 3.63) is 102 Å². The van der Waals surface area contributed by atoms with Crippen molar-refractivity contribution >= 4 is 50.6 Å². The lowest BCUT2D eigenvalue weighted by molar-refractivity contribution is -0.131. The first-order chi connectivity index (χ1) is 20.2. The quantitative estimate of drug-likeness (QED) is 0.180. The molecule has 3 aromatic carbocycles. The van der Waals surface area contributed by atoms with Crippen LogP contribution in [0.1, 0.15) is 23.2 Å². The van der Waals surface area contributed by atoms with Crippen LogP contribution in [0.2, 0.25) is 0 Å². The van der Waals surface area contributed by atoms with Gasteiger partial charge in [-0.15, -0.1) is 11.3 Å². The van der Waals surface area contributed by atoms with Crippen LogP contribution >= 0.6 is 11.3 Å². The fourth-order valence-electron chi connectivity index (χ4n) is 4.43. The van der Waals surface area contributed by atoms with E-state index in [0.717, 1.165) is 16.5 Å². The molecule has 3 amide bonds. The number of halogens is 2. The number of carbonyl (C=O) groups excluding carboxylic acids is 3. The molecule has 1 saturated carbocycles. The zero-order valence-corrected chi connectivity index (χ0v) is 22.6. The SMILES string of the molecule is NC(=O)c1ccc(-c2cc3nccc(Oc4ccc(NC(=O)C5(C(=O)Nc6ccc(F)cc6)CC5)cc4F)c3s2)cc1. The third-order valence-corrected chi connectivity index (χ3v) is 8.15. The maximum atomic E-state index is 15.1. The maximum Gasteiger partial charge on any atom is 0.248 e. The molecule has 2 heterocycles. The minimum atomic E-state index is -1.28. The van der Waals surface area contributed by atoms with Gasteiger partial charge in [-0.25, -0.2) is 8.78 Å². The molecule has 42 heavy (non-hydrogen) atoms. The number of rotatable bonds is 8. The zero-order chi connectivity index (χ0) is 29.4. The molecule has 210 valence electrons. The molecule has 4 N–H and O–H groups in total. The molecular formula is C31H22F2N4O4S. The molecule has 0 bridgehead atoms. The van der Waals surface area contributed by atoms with E-state index in [1.807, 2.05) is 6.07 Å². The minimum absolute atomic E-state index is 0.0588. The van der Waals surface area contributed by atoms with Gasteiger partial charge in [-0.05, 0) is 73.0 Å². The van der Waals surface area contributed by atoms with Crippen LogP contribution in [-0.4, -0.2) is 22.7 Å². The Balaban J connectivity index is 1.16. The molecule has 0 radical (unpaired) electrons. The van der Waals surface area contributed by atoms with Crippen molar-refractivity contribution in [2.75, 3.05) is 10.6 Å². The maximum absolute atomic E-state index is 15.1. The molecule has 8 nitrogen and oxygen atoms in total. The molecule has 1 fully saturated rings. The van der Waals surface area contributed by atoms with E-state index in [4.69, 9.17) is 10.5 Å². The van der Waals surface area contributed by atoms with Crippen LogP contribution in [0.25, 0.3) is 20.7 Å². The number of nitrogens with one attached hydrogen (secondary N) is 2. The van der Waals surface area contributed by atoms with Gasteiger partial charge >= 0.3 is 0 Å². The van der Waals surface area contributed by atoms with Gasteiger partial charge in [0.25, 0.3) is 0 Å². The summed E-state index contributed by atoms with van der Waals surface area (Å²) in [4.78, 5) is 42.4. The number of hydrogen-bond donors (Lipinski definition) is 3. The van der Waals surface area contributed by atoms with Crippen LogP contribution in [0, 0.1) is 17.0 Å². The number of pyridine rings is 1. The minimum Gasteiger partial charge on any atom is -0.453 e. The summed E-state index contributed by atoms with van der Waals surface area (Å²) in [6.07, 6.45) is 2.24. The molecule has 1 aliphatic rings. The molecule has 1 aliphatic carbocycles. The second-order valence-electron chi connectivity index (χ2n) is 9.82. The molecule has 0 aliphatic heterocycles. The third kappa shape index (κ3) is 5.29.